The fourth-order valence-electron chi connectivity index (χ4n) is 11.4. The number of aliphatic hydroxyl groups is 2. The Bertz CT molecular complexity index is 3750. The molecule has 0 aliphatic carbocycles. The average molecular weight is 1800 g/mol. The smallest absolute Gasteiger partial charge is 0.407 e. The van der Waals surface area contributed by atoms with E-state index in [2.05, 4.69) is 85.1 Å². The summed E-state index contributed by atoms with van der Waals surface area (Å²) < 4.78 is 52.2. The van der Waals surface area contributed by atoms with Gasteiger partial charge in [-0.2, -0.15) is 0 Å². The van der Waals surface area contributed by atoms with Crippen LogP contribution in [-0.4, -0.2) is 265 Å². The van der Waals surface area contributed by atoms with E-state index < -0.39 is 280 Å². The second kappa shape index (κ2) is 53.3. The van der Waals surface area contributed by atoms with Crippen molar-refractivity contribution < 1.29 is 124 Å². The zero-order valence-electron chi connectivity index (χ0n) is 76.4. The van der Waals surface area contributed by atoms with Gasteiger partial charge in [0.2, 0.25) is 65.0 Å². The minimum Gasteiger partial charge on any atom is -0.444 e. The molecule has 0 spiro atoms. The Morgan fingerprint density at radius 3 is 1.22 bits per heavy atom. The molecule has 1 aromatic carbocycles. The topological polar surface area (TPSA) is 588 Å². The van der Waals surface area contributed by atoms with Crippen molar-refractivity contribution in [1.29, 1.82) is 0 Å². The van der Waals surface area contributed by atoms with Crippen LogP contribution in [0.15, 0.2) is 30.3 Å². The van der Waals surface area contributed by atoms with Crippen molar-refractivity contribution in [3.8, 4) is 0 Å². The normalized spacial score (nSPS) is 19.5. The number of ether oxygens (including phenoxy) is 5. The Hall–Kier alpha value is -10.2. The first-order valence-electron chi connectivity index (χ1n) is 42.3. The maximum Gasteiger partial charge on any atom is 0.407 e. The Labute approximate surface area is 732 Å². The van der Waals surface area contributed by atoms with Gasteiger partial charge in [0.15, 0.2) is 0 Å². The molecule has 1 unspecified atom stereocenters. The van der Waals surface area contributed by atoms with E-state index in [9.17, 15) is 72.3 Å². The van der Waals surface area contributed by atoms with Crippen molar-refractivity contribution in [2.45, 2.75) is 323 Å². The van der Waals surface area contributed by atoms with Gasteiger partial charge in [0, 0.05) is 45.7 Å². The van der Waals surface area contributed by atoms with Gasteiger partial charge in [-0.15, -0.1) is 0 Å². The summed E-state index contributed by atoms with van der Waals surface area (Å²) in [6.45, 7) is 30.1. The van der Waals surface area contributed by atoms with Crippen molar-refractivity contribution in [2.75, 3.05) is 58.6 Å². The second-order valence-corrected chi connectivity index (χ2v) is 37.7. The summed E-state index contributed by atoms with van der Waals surface area (Å²) in [4.78, 5) is 229. The van der Waals surface area contributed by atoms with Gasteiger partial charge in [-0.1, -0.05) is 70.9 Å². The monoisotopic (exact) mass is 1800 g/mol. The van der Waals surface area contributed by atoms with Gasteiger partial charge in [0.25, 0.3) is 0 Å². The van der Waals surface area contributed by atoms with E-state index in [1.165, 1.54) is 0 Å². The maximum absolute atomic E-state index is 15.5. The van der Waals surface area contributed by atoms with Gasteiger partial charge in [-0.3, -0.25) is 57.3 Å². The minimum absolute atomic E-state index is 0.0484. The molecule has 42 nitrogen and oxygen atoms in total. The number of benzene rings is 1. The number of aliphatic hydroxyl groups excluding tert-OH is 2. The van der Waals surface area contributed by atoms with E-state index in [-0.39, 0.29) is 39.1 Å². The van der Waals surface area contributed by atoms with Crippen molar-refractivity contribution >= 4 is 103 Å². The van der Waals surface area contributed by atoms with Gasteiger partial charge in [-0.25, -0.2) is 24.0 Å². The minimum atomic E-state index is -4.18. The lowest BCUT2D eigenvalue weighted by Crippen LogP contribution is -2.62. The number of carbonyl (C=O) groups is 16. The molecule has 1 aliphatic rings. The summed E-state index contributed by atoms with van der Waals surface area (Å²) >= 11 is 0. The summed E-state index contributed by atoms with van der Waals surface area (Å²) in [6, 6.07) is -9.94. The van der Waals surface area contributed by atoms with Gasteiger partial charge in [0.05, 0.1) is 25.4 Å². The van der Waals surface area contributed by atoms with Crippen LogP contribution in [0.4, 0.5) is 24.0 Å². The molecule has 43 heteroatoms. The number of hydrogen-bond acceptors (Lipinski definition) is 26. The summed E-state index contributed by atoms with van der Waals surface area (Å²) in [5.74, 6) is -13.0. The Balaban J connectivity index is 3.15. The first kappa shape index (κ1) is 111. The highest BCUT2D eigenvalue weighted by Crippen LogP contribution is 2.48. The summed E-state index contributed by atoms with van der Waals surface area (Å²) in [5, 5.41) is 62.8. The molecule has 1 saturated heterocycles. The van der Waals surface area contributed by atoms with Crippen molar-refractivity contribution in [2.24, 2.45) is 5.92 Å². The fraction of sp³-hybridized carbons (Fsp3) is 0.732. The lowest BCUT2D eigenvalue weighted by Gasteiger charge is -2.29. The third-order valence-corrected chi connectivity index (χ3v) is 19.2. The number of hydrogen-bond donors (Lipinski definition) is 18. The number of rotatable bonds is 38. The molecular formula is C82H141N16O26P. The van der Waals surface area contributed by atoms with Crippen LogP contribution < -0.4 is 85.1 Å². The quantitative estimate of drug-likeness (QED) is 0.0257. The number of amides is 16. The van der Waals surface area contributed by atoms with Crippen molar-refractivity contribution in [1.82, 2.24) is 85.1 Å². The van der Waals surface area contributed by atoms with Crippen LogP contribution in [0.1, 0.15) is 222 Å². The average Bonchev–Trinajstić information content (AvgIpc) is 1.24. The standard InChI is InChI=1S/C82H141N16O26P/c1-22-24-43-118-125(117,119-44-25-23-2)47-60(101)89-52(32-38-84-73(112)120-78(7,8)9)67(106)98-62(50(6)100)72(111)94-56(35-41-87-76(115)123-81(16,17)18)65(104)90-53-31-37-83-71(110)61(49(5)99)97-68(107)57(36-42-88-77(116)124-82(19,20)21)92-64(103)54(33-39-85-74(113)121-79(10,11)12)93-69(108)58(45-48(3)4)95-70(109)59(46-51-29-27-26-28-30-51)96-66(105)55(91-63(53)102)34-40-86-75(114)122-80(13,14)15/h26-30,48-50,52-59,61-62,99-100H,22-25,31-47H2,1-21H3,(H,83,110)(H,84,112)(H,85,113)(H,86,114)(H,87,115)(H,88,116)(H,89,101)(H,90,104)(H,91,102)(H,92,103)(H,93,108)(H,94,111)(H,95,109)(H,96,105)(H,97,107)(H,98,106)/t49-,50?,52-,53-,54-,55-,56-,57-,58-,59+,61-,62-/m0/s1. The van der Waals surface area contributed by atoms with E-state index in [0.29, 0.717) is 31.2 Å². The molecule has 12 atom stereocenters. The van der Waals surface area contributed by atoms with E-state index >= 15 is 19.2 Å². The van der Waals surface area contributed by atoms with E-state index in [4.69, 9.17) is 32.7 Å². The van der Waals surface area contributed by atoms with Gasteiger partial charge in [-0.05, 0) is 187 Å². The van der Waals surface area contributed by atoms with Crippen molar-refractivity contribution in [3.05, 3.63) is 35.9 Å². The van der Waals surface area contributed by atoms with E-state index in [1.54, 1.807) is 148 Å². The van der Waals surface area contributed by atoms with Crippen LogP contribution in [0.5, 0.6) is 0 Å². The number of nitrogens with one attached hydrogen (secondary N) is 16. The fourth-order valence-corrected chi connectivity index (χ4v) is 13.0. The Morgan fingerprint density at radius 1 is 0.456 bits per heavy atom. The molecule has 2 rings (SSSR count). The predicted molar refractivity (Wildman–Crippen MR) is 458 cm³/mol. The molecular weight excluding hydrogens is 1660 g/mol. The number of carbonyl (C=O) groups excluding carboxylic acids is 16. The molecule has 18 N–H and O–H groups in total. The molecule has 16 amide bonds. The van der Waals surface area contributed by atoms with Crippen LogP contribution >= 0.6 is 7.60 Å². The third-order valence-electron chi connectivity index (χ3n) is 17.3. The SMILES string of the molecule is CCCCOP(=O)(CC(=O)N[C@@H](CCNC(=O)OC(C)(C)C)C(=O)N[C@H](C(=O)N[C@@H](CCNC(=O)OC(C)(C)C)C(=O)N[C@H]1CCNC(=O)[C@H]([C@H](C)O)NC(=O)[C@H](CCNC(=O)OC(C)(C)C)NC(=O)[C@H](CCNC(=O)OC(C)(C)C)NC(=O)[C@H](CC(C)C)NC(=O)[C@@H](Cc2ccccc2)NC(=O)[C@H](CCNC(=O)OC(C)(C)C)NC1=O)C(C)O)OCCCC. The first-order chi connectivity index (χ1) is 57.9. The van der Waals surface area contributed by atoms with E-state index in [0.717, 1.165) is 13.8 Å². The van der Waals surface area contributed by atoms with Crippen LogP contribution in [0.3, 0.4) is 0 Å². The number of unbranched alkanes of at least 4 members (excludes halogenated alkanes) is 2. The third kappa shape index (κ3) is 48.2. The molecule has 0 saturated carbocycles. The van der Waals surface area contributed by atoms with Crippen LogP contribution in [0.25, 0.3) is 0 Å². The summed E-state index contributed by atoms with van der Waals surface area (Å²) in [7, 11) is -4.18. The molecule has 710 valence electrons. The second-order valence-electron chi connectivity index (χ2n) is 35.6. The molecule has 0 aromatic heterocycles. The highest BCUT2D eigenvalue weighted by atomic mass is 31.2. The molecule has 1 aromatic rings. The van der Waals surface area contributed by atoms with Gasteiger partial charge < -0.3 is 128 Å². The lowest BCUT2D eigenvalue weighted by atomic mass is 10.00. The molecule has 1 heterocycles. The lowest BCUT2D eigenvalue weighted by molar-refractivity contribution is -0.137. The van der Waals surface area contributed by atoms with Crippen LogP contribution in [0.2, 0.25) is 0 Å². The van der Waals surface area contributed by atoms with Gasteiger partial charge >= 0.3 is 38.1 Å². The summed E-state index contributed by atoms with van der Waals surface area (Å²) in [5.41, 5.74) is -4.64. The first-order valence-corrected chi connectivity index (χ1v) is 44.1. The maximum atomic E-state index is 15.5. The molecule has 0 bridgehead atoms. The predicted octanol–water partition coefficient (Wildman–Crippen LogP) is 2.81. The largest absolute Gasteiger partial charge is 0.444 e. The Morgan fingerprint density at radius 2 is 0.824 bits per heavy atom. The molecule has 1 fully saturated rings. The molecule has 125 heavy (non-hydrogen) atoms. The zero-order chi connectivity index (χ0) is 95.0. The van der Waals surface area contributed by atoms with Gasteiger partial charge in [0.1, 0.15) is 94.6 Å². The van der Waals surface area contributed by atoms with Crippen LogP contribution in [-0.2, 0) is 96.5 Å². The molecule has 1 aliphatic heterocycles. The van der Waals surface area contributed by atoms with E-state index in [1.807, 2.05) is 13.8 Å². The molecule has 0 radical (unpaired) electrons. The van der Waals surface area contributed by atoms with Crippen molar-refractivity contribution in [3.63, 3.8) is 0 Å². The summed E-state index contributed by atoms with van der Waals surface area (Å²) in [6.07, 6.45) is -10.8. The Kier molecular flexibility index (Phi) is 47.3. The zero-order valence-corrected chi connectivity index (χ0v) is 77.3. The number of alkyl carbamates (subject to hydrolysis) is 5. The highest BCUT2D eigenvalue weighted by Gasteiger charge is 2.40. The highest BCUT2D eigenvalue weighted by molar-refractivity contribution is 7.54. The van der Waals surface area contributed by atoms with Crippen LogP contribution in [0, 0.1) is 5.92 Å².